The van der Waals surface area contributed by atoms with Gasteiger partial charge in [0.05, 0.1) is 12.1 Å². The minimum absolute atomic E-state index is 0.143. The molecule has 3 aromatic rings. The van der Waals surface area contributed by atoms with Crippen molar-refractivity contribution in [3.8, 4) is 6.07 Å². The van der Waals surface area contributed by atoms with Crippen molar-refractivity contribution in [2.75, 3.05) is 0 Å². The molecular weight excluding hydrogens is 262 g/mol. The molecule has 0 N–H and O–H groups in total. The van der Waals surface area contributed by atoms with Gasteiger partial charge in [-0.25, -0.2) is 14.6 Å². The predicted octanol–water partition coefficient (Wildman–Crippen LogP) is 2.40. The van der Waals surface area contributed by atoms with Crippen LogP contribution in [0.25, 0.3) is 10.9 Å². The lowest BCUT2D eigenvalue weighted by molar-refractivity contribution is 0.681. The van der Waals surface area contributed by atoms with Gasteiger partial charge in [0.15, 0.2) is 0 Å². The molecule has 2 aromatic heterocycles. The summed E-state index contributed by atoms with van der Waals surface area (Å²) in [5.74, 6) is 0.143. The molecule has 0 bridgehead atoms. The zero-order valence-corrected chi connectivity index (χ0v) is 10.5. The average molecular weight is 270 g/mol. The molecule has 5 nitrogen and oxygen atoms in total. The summed E-state index contributed by atoms with van der Waals surface area (Å²) in [4.78, 5) is 8.19. The van der Waals surface area contributed by atoms with Crippen LogP contribution in [0.1, 0.15) is 11.4 Å². The third-order valence-electron chi connectivity index (χ3n) is 2.72. The fraction of sp³-hybridized carbons (Fsp3) is 0.0769. The number of nitrogens with zero attached hydrogens (tertiary/aromatic N) is 5. The van der Waals surface area contributed by atoms with Gasteiger partial charge in [0.2, 0.25) is 0 Å². The summed E-state index contributed by atoms with van der Waals surface area (Å²) in [6, 6.07) is 11.6. The maximum atomic E-state index is 8.69. The second kappa shape index (κ2) is 4.67. The Morgan fingerprint density at radius 2 is 2.16 bits per heavy atom. The Hall–Kier alpha value is -2.45. The third-order valence-corrected chi connectivity index (χ3v) is 3.05. The summed E-state index contributed by atoms with van der Waals surface area (Å²) < 4.78 is 1.57. The highest BCUT2D eigenvalue weighted by Crippen LogP contribution is 2.20. The summed E-state index contributed by atoms with van der Waals surface area (Å²) in [6.07, 6.45) is 1.50. The summed E-state index contributed by atoms with van der Waals surface area (Å²) >= 11 is 6.16. The van der Waals surface area contributed by atoms with E-state index in [1.807, 2.05) is 36.4 Å². The van der Waals surface area contributed by atoms with Crippen molar-refractivity contribution in [1.82, 2.24) is 19.7 Å². The van der Waals surface area contributed by atoms with Crippen LogP contribution in [-0.2, 0) is 6.54 Å². The number of benzene rings is 1. The number of pyridine rings is 1. The quantitative estimate of drug-likeness (QED) is 0.670. The number of hydrogen-bond donors (Lipinski definition) is 0. The number of aromatic nitrogens is 4. The van der Waals surface area contributed by atoms with Crippen molar-refractivity contribution < 1.29 is 0 Å². The van der Waals surface area contributed by atoms with Gasteiger partial charge in [-0.05, 0) is 12.1 Å². The number of rotatable bonds is 2. The first-order valence-corrected chi connectivity index (χ1v) is 5.98. The number of para-hydroxylation sites is 1. The lowest BCUT2D eigenvalue weighted by atomic mass is 10.1. The first kappa shape index (κ1) is 11.6. The van der Waals surface area contributed by atoms with Crippen LogP contribution in [0.3, 0.4) is 0 Å². The fourth-order valence-electron chi connectivity index (χ4n) is 1.84. The maximum absolute atomic E-state index is 8.69. The van der Waals surface area contributed by atoms with E-state index in [1.165, 1.54) is 6.33 Å². The van der Waals surface area contributed by atoms with Crippen molar-refractivity contribution in [2.45, 2.75) is 6.54 Å². The van der Waals surface area contributed by atoms with E-state index in [9.17, 15) is 0 Å². The second-order valence-electron chi connectivity index (χ2n) is 4.01. The molecule has 92 valence electrons. The molecular formula is C13H8ClN5. The smallest absolute Gasteiger partial charge is 0.247 e. The molecule has 19 heavy (non-hydrogen) atoms. The van der Waals surface area contributed by atoms with Crippen LogP contribution >= 0.6 is 11.6 Å². The van der Waals surface area contributed by atoms with Crippen molar-refractivity contribution in [3.63, 3.8) is 0 Å². The van der Waals surface area contributed by atoms with Gasteiger partial charge in [-0.2, -0.15) is 5.26 Å². The molecule has 0 aliphatic carbocycles. The van der Waals surface area contributed by atoms with Crippen molar-refractivity contribution in [1.29, 1.82) is 5.26 Å². The standard InChI is InChI=1S/C13H8ClN5/c14-13-10(7-19-8-16-12(6-15)18-19)5-9-3-1-2-4-11(9)17-13/h1-5,8H,7H2. The molecule has 0 spiro atoms. The van der Waals surface area contributed by atoms with Gasteiger partial charge < -0.3 is 0 Å². The van der Waals surface area contributed by atoms with E-state index in [1.54, 1.807) is 4.68 Å². The summed E-state index contributed by atoms with van der Waals surface area (Å²) in [7, 11) is 0. The van der Waals surface area contributed by atoms with Crippen LogP contribution < -0.4 is 0 Å². The van der Waals surface area contributed by atoms with E-state index < -0.39 is 0 Å². The molecule has 2 heterocycles. The molecule has 0 radical (unpaired) electrons. The summed E-state index contributed by atoms with van der Waals surface area (Å²) in [6.45, 7) is 0.436. The van der Waals surface area contributed by atoms with Crippen LogP contribution in [0.2, 0.25) is 5.15 Å². The Balaban J connectivity index is 2.00. The van der Waals surface area contributed by atoms with E-state index in [0.29, 0.717) is 11.7 Å². The van der Waals surface area contributed by atoms with E-state index in [4.69, 9.17) is 16.9 Å². The Morgan fingerprint density at radius 1 is 1.32 bits per heavy atom. The van der Waals surface area contributed by atoms with E-state index >= 15 is 0 Å². The maximum Gasteiger partial charge on any atom is 0.252 e. The molecule has 0 aliphatic rings. The first-order chi connectivity index (χ1) is 9.26. The summed E-state index contributed by atoms with van der Waals surface area (Å²) in [5, 5.41) is 14.1. The van der Waals surface area contributed by atoms with Crippen LogP contribution in [0.5, 0.6) is 0 Å². The predicted molar refractivity (Wildman–Crippen MR) is 70.6 cm³/mol. The topological polar surface area (TPSA) is 67.4 Å². The SMILES string of the molecule is N#Cc1ncn(Cc2cc3ccccc3nc2Cl)n1. The zero-order chi connectivity index (χ0) is 13.2. The third kappa shape index (κ3) is 2.26. The van der Waals surface area contributed by atoms with E-state index in [-0.39, 0.29) is 5.82 Å². The van der Waals surface area contributed by atoms with Crippen LogP contribution in [0.4, 0.5) is 0 Å². The van der Waals surface area contributed by atoms with Gasteiger partial charge in [0.25, 0.3) is 5.82 Å². The van der Waals surface area contributed by atoms with E-state index in [2.05, 4.69) is 15.1 Å². The monoisotopic (exact) mass is 269 g/mol. The lowest BCUT2D eigenvalue weighted by Crippen LogP contribution is -2.02. The van der Waals surface area contributed by atoms with Crippen molar-refractivity contribution >= 4 is 22.5 Å². The second-order valence-corrected chi connectivity index (χ2v) is 4.37. The molecule has 0 unspecified atom stereocenters. The number of nitriles is 1. The fourth-order valence-corrected chi connectivity index (χ4v) is 2.05. The molecule has 0 atom stereocenters. The van der Waals surface area contributed by atoms with Gasteiger partial charge in [-0.15, -0.1) is 5.10 Å². The van der Waals surface area contributed by atoms with Crippen LogP contribution in [0.15, 0.2) is 36.7 Å². The van der Waals surface area contributed by atoms with Gasteiger partial charge in [0, 0.05) is 10.9 Å². The normalized spacial score (nSPS) is 10.5. The van der Waals surface area contributed by atoms with E-state index in [0.717, 1.165) is 16.5 Å². The molecule has 1 aromatic carbocycles. The number of halogens is 1. The average Bonchev–Trinajstić information content (AvgIpc) is 2.87. The van der Waals surface area contributed by atoms with Crippen LogP contribution in [-0.4, -0.2) is 19.7 Å². The molecule has 0 saturated carbocycles. The molecule has 0 aliphatic heterocycles. The summed E-state index contributed by atoms with van der Waals surface area (Å²) in [5.41, 5.74) is 1.70. The highest BCUT2D eigenvalue weighted by Gasteiger charge is 2.07. The molecule has 6 heteroatoms. The minimum Gasteiger partial charge on any atom is -0.247 e. The molecule has 0 fully saturated rings. The largest absolute Gasteiger partial charge is 0.252 e. The molecule has 0 saturated heterocycles. The first-order valence-electron chi connectivity index (χ1n) is 5.60. The van der Waals surface area contributed by atoms with Gasteiger partial charge in [-0.1, -0.05) is 29.8 Å². The molecule has 0 amide bonds. The Bertz CT molecular complexity index is 787. The van der Waals surface area contributed by atoms with Crippen molar-refractivity contribution in [3.05, 3.63) is 53.2 Å². The zero-order valence-electron chi connectivity index (χ0n) is 9.79. The van der Waals surface area contributed by atoms with Crippen molar-refractivity contribution in [2.24, 2.45) is 0 Å². The molecule has 3 rings (SSSR count). The minimum atomic E-state index is 0.143. The highest BCUT2D eigenvalue weighted by atomic mass is 35.5. The Labute approximate surface area is 114 Å². The lowest BCUT2D eigenvalue weighted by Gasteiger charge is -2.05. The van der Waals surface area contributed by atoms with Crippen LogP contribution in [0, 0.1) is 11.3 Å². The van der Waals surface area contributed by atoms with Gasteiger partial charge >= 0.3 is 0 Å². The highest BCUT2D eigenvalue weighted by molar-refractivity contribution is 6.30. The number of hydrogen-bond acceptors (Lipinski definition) is 4. The van der Waals surface area contributed by atoms with Gasteiger partial charge in [0.1, 0.15) is 17.5 Å². The Morgan fingerprint density at radius 3 is 2.95 bits per heavy atom. The number of fused-ring (bicyclic) bond motifs is 1. The van der Waals surface area contributed by atoms with Gasteiger partial charge in [-0.3, -0.25) is 0 Å². The Kier molecular flexibility index (Phi) is 2.86.